The summed E-state index contributed by atoms with van der Waals surface area (Å²) in [6.07, 6.45) is 8.25. The molecule has 1 aliphatic carbocycles. The molecule has 2 aromatic heterocycles. The van der Waals surface area contributed by atoms with E-state index in [9.17, 15) is 4.79 Å². The molecule has 2 heterocycles. The number of imidazole rings is 1. The first-order valence-corrected chi connectivity index (χ1v) is 7.29. The summed E-state index contributed by atoms with van der Waals surface area (Å²) >= 11 is 1.60. The Labute approximate surface area is 110 Å². The van der Waals surface area contributed by atoms with Crippen molar-refractivity contribution in [2.45, 2.75) is 38.1 Å². The van der Waals surface area contributed by atoms with Gasteiger partial charge in [0, 0.05) is 29.7 Å². The van der Waals surface area contributed by atoms with Crippen LogP contribution in [0.5, 0.6) is 0 Å². The molecule has 5 heteroatoms. The molecule has 0 bridgehead atoms. The van der Waals surface area contributed by atoms with Crippen LogP contribution in [0.1, 0.15) is 31.4 Å². The molecule has 96 valence electrons. The minimum Gasteiger partial charge on any atom is -0.328 e. The Morgan fingerprint density at radius 3 is 2.94 bits per heavy atom. The van der Waals surface area contributed by atoms with E-state index in [0.29, 0.717) is 18.2 Å². The van der Waals surface area contributed by atoms with E-state index in [1.807, 2.05) is 22.2 Å². The van der Waals surface area contributed by atoms with Crippen LogP contribution in [0.15, 0.2) is 17.8 Å². The van der Waals surface area contributed by atoms with Crippen LogP contribution in [0.25, 0.3) is 4.96 Å². The quantitative estimate of drug-likeness (QED) is 0.921. The van der Waals surface area contributed by atoms with E-state index in [4.69, 9.17) is 5.73 Å². The number of hydrogen-bond donors (Lipinski definition) is 1. The molecule has 1 saturated carbocycles. The number of ketones is 1. The zero-order valence-electron chi connectivity index (χ0n) is 10.2. The molecule has 0 aliphatic heterocycles. The van der Waals surface area contributed by atoms with Gasteiger partial charge in [-0.3, -0.25) is 9.20 Å². The molecule has 2 aromatic rings. The van der Waals surface area contributed by atoms with Gasteiger partial charge in [0.15, 0.2) is 4.96 Å². The molecule has 0 unspecified atom stereocenters. The Bertz CT molecular complexity index is 523. The number of carbonyl (C=O) groups is 1. The maximum absolute atomic E-state index is 12.2. The first kappa shape index (κ1) is 11.9. The van der Waals surface area contributed by atoms with E-state index < -0.39 is 0 Å². The average Bonchev–Trinajstić information content (AvgIpc) is 2.90. The fourth-order valence-electron chi connectivity index (χ4n) is 2.63. The van der Waals surface area contributed by atoms with Crippen molar-refractivity contribution in [3.63, 3.8) is 0 Å². The Balaban J connectivity index is 1.65. The summed E-state index contributed by atoms with van der Waals surface area (Å²) in [7, 11) is 0. The summed E-state index contributed by atoms with van der Waals surface area (Å²) in [5.41, 5.74) is 6.75. The fraction of sp³-hybridized carbons (Fsp3) is 0.538. The number of aromatic nitrogens is 2. The minimum atomic E-state index is 0.199. The van der Waals surface area contributed by atoms with Crippen molar-refractivity contribution in [2.75, 3.05) is 0 Å². The van der Waals surface area contributed by atoms with Crippen LogP contribution >= 0.6 is 11.3 Å². The summed E-state index contributed by atoms with van der Waals surface area (Å²) in [6, 6.07) is 0.298. The van der Waals surface area contributed by atoms with Crippen LogP contribution in [-0.4, -0.2) is 21.2 Å². The maximum atomic E-state index is 12.2. The first-order valence-electron chi connectivity index (χ1n) is 6.42. The lowest BCUT2D eigenvalue weighted by atomic mass is 9.83. The number of nitrogens with zero attached hydrogens (tertiary/aromatic N) is 2. The van der Waals surface area contributed by atoms with Gasteiger partial charge in [0.1, 0.15) is 5.78 Å². The number of thiazole rings is 1. The van der Waals surface area contributed by atoms with E-state index >= 15 is 0 Å². The molecular weight excluding hydrogens is 246 g/mol. The number of fused-ring (bicyclic) bond motifs is 1. The highest BCUT2D eigenvalue weighted by molar-refractivity contribution is 7.15. The summed E-state index contributed by atoms with van der Waals surface area (Å²) in [5, 5.41) is 2.00. The van der Waals surface area contributed by atoms with E-state index in [2.05, 4.69) is 4.98 Å². The van der Waals surface area contributed by atoms with Crippen molar-refractivity contribution in [1.82, 2.24) is 9.38 Å². The third-order valence-electron chi connectivity index (χ3n) is 3.73. The van der Waals surface area contributed by atoms with Crippen LogP contribution in [0.2, 0.25) is 0 Å². The predicted molar refractivity (Wildman–Crippen MR) is 71.7 cm³/mol. The van der Waals surface area contributed by atoms with Gasteiger partial charge in [0.2, 0.25) is 0 Å². The Hall–Kier alpha value is -1.20. The standard InChI is InChI=1S/C13H17N3OS/c14-10-3-1-9(2-4-10)12(17)7-11-8-16-5-6-18-13(16)15-11/h5-6,8-10H,1-4,7,14H2. The normalized spacial score (nSPS) is 24.5. The van der Waals surface area contributed by atoms with Crippen LogP contribution in [0.3, 0.4) is 0 Å². The van der Waals surface area contributed by atoms with E-state index in [0.717, 1.165) is 36.3 Å². The van der Waals surface area contributed by atoms with Gasteiger partial charge in [-0.05, 0) is 25.7 Å². The molecule has 0 spiro atoms. The molecule has 0 radical (unpaired) electrons. The third kappa shape index (κ3) is 2.33. The summed E-state index contributed by atoms with van der Waals surface area (Å²) in [6.45, 7) is 0. The lowest BCUT2D eigenvalue weighted by molar-refractivity contribution is -0.123. The maximum Gasteiger partial charge on any atom is 0.193 e. The lowest BCUT2D eigenvalue weighted by Crippen LogP contribution is -2.30. The SMILES string of the molecule is NC1CCC(C(=O)Cc2cn3ccsc3n2)CC1. The van der Waals surface area contributed by atoms with E-state index in [1.165, 1.54) is 0 Å². The monoisotopic (exact) mass is 263 g/mol. The summed E-state index contributed by atoms with van der Waals surface area (Å²) < 4.78 is 1.98. The molecule has 0 atom stereocenters. The van der Waals surface area contributed by atoms with Gasteiger partial charge in [-0.1, -0.05) is 0 Å². The van der Waals surface area contributed by atoms with E-state index in [-0.39, 0.29) is 5.92 Å². The zero-order chi connectivity index (χ0) is 12.5. The van der Waals surface area contributed by atoms with Gasteiger partial charge in [-0.15, -0.1) is 11.3 Å². The highest BCUT2D eigenvalue weighted by atomic mass is 32.1. The van der Waals surface area contributed by atoms with Crippen LogP contribution in [0, 0.1) is 5.92 Å². The number of carbonyl (C=O) groups excluding carboxylic acids is 1. The molecular formula is C13H17N3OS. The van der Waals surface area contributed by atoms with E-state index in [1.54, 1.807) is 11.3 Å². The second-order valence-electron chi connectivity index (χ2n) is 5.08. The van der Waals surface area contributed by atoms with Gasteiger partial charge < -0.3 is 5.73 Å². The van der Waals surface area contributed by atoms with Crippen molar-refractivity contribution >= 4 is 22.1 Å². The van der Waals surface area contributed by atoms with Crippen molar-refractivity contribution < 1.29 is 4.79 Å². The van der Waals surface area contributed by atoms with Gasteiger partial charge in [0.25, 0.3) is 0 Å². The highest BCUT2D eigenvalue weighted by Gasteiger charge is 2.24. The summed E-state index contributed by atoms with van der Waals surface area (Å²) in [4.78, 5) is 17.6. The molecule has 3 rings (SSSR count). The third-order valence-corrected chi connectivity index (χ3v) is 4.50. The first-order chi connectivity index (χ1) is 8.72. The minimum absolute atomic E-state index is 0.199. The van der Waals surface area contributed by atoms with Crippen molar-refractivity contribution in [2.24, 2.45) is 11.7 Å². The molecule has 4 nitrogen and oxygen atoms in total. The Kier molecular flexibility index (Phi) is 3.18. The van der Waals surface area contributed by atoms with Gasteiger partial charge in [0.05, 0.1) is 12.1 Å². The smallest absolute Gasteiger partial charge is 0.193 e. The topological polar surface area (TPSA) is 60.4 Å². The second-order valence-corrected chi connectivity index (χ2v) is 5.95. The van der Waals surface area contributed by atoms with Gasteiger partial charge in [-0.2, -0.15) is 0 Å². The zero-order valence-corrected chi connectivity index (χ0v) is 11.0. The number of rotatable bonds is 3. The van der Waals surface area contributed by atoms with Gasteiger partial charge >= 0.3 is 0 Å². The fourth-order valence-corrected chi connectivity index (χ4v) is 3.34. The van der Waals surface area contributed by atoms with Crippen molar-refractivity contribution in [3.05, 3.63) is 23.5 Å². The molecule has 0 saturated heterocycles. The largest absolute Gasteiger partial charge is 0.328 e. The lowest BCUT2D eigenvalue weighted by Gasteiger charge is -2.24. The Morgan fingerprint density at radius 1 is 1.44 bits per heavy atom. The molecule has 0 aromatic carbocycles. The Morgan fingerprint density at radius 2 is 2.22 bits per heavy atom. The van der Waals surface area contributed by atoms with Crippen molar-refractivity contribution in [1.29, 1.82) is 0 Å². The number of hydrogen-bond acceptors (Lipinski definition) is 4. The molecule has 1 fully saturated rings. The molecule has 1 aliphatic rings. The van der Waals surface area contributed by atoms with Crippen LogP contribution in [-0.2, 0) is 11.2 Å². The van der Waals surface area contributed by atoms with Crippen molar-refractivity contribution in [3.8, 4) is 0 Å². The molecule has 2 N–H and O–H groups in total. The highest BCUT2D eigenvalue weighted by Crippen LogP contribution is 2.25. The second kappa shape index (κ2) is 4.82. The average molecular weight is 263 g/mol. The predicted octanol–water partition coefficient (Wildman–Crippen LogP) is 2.02. The van der Waals surface area contributed by atoms with Crippen LogP contribution < -0.4 is 5.73 Å². The number of Topliss-reactive ketones (excluding diaryl/α,β-unsaturated/α-hetero) is 1. The van der Waals surface area contributed by atoms with Crippen LogP contribution in [0.4, 0.5) is 0 Å². The number of nitrogens with two attached hydrogens (primary N) is 1. The molecule has 0 amide bonds. The molecule has 18 heavy (non-hydrogen) atoms. The van der Waals surface area contributed by atoms with Gasteiger partial charge in [-0.25, -0.2) is 4.98 Å². The summed E-state index contributed by atoms with van der Waals surface area (Å²) in [5.74, 6) is 0.525.